The van der Waals surface area contributed by atoms with Crippen LogP contribution in [0.2, 0.25) is 0 Å². The van der Waals surface area contributed by atoms with E-state index in [-0.39, 0.29) is 44.7 Å². The topological polar surface area (TPSA) is 88.3 Å². The summed E-state index contributed by atoms with van der Waals surface area (Å²) in [7, 11) is 0. The molecule has 1 aromatic heterocycles. The lowest BCUT2D eigenvalue weighted by molar-refractivity contribution is -0.125. The van der Waals surface area contributed by atoms with Crippen molar-refractivity contribution in [3.05, 3.63) is 35.7 Å². The monoisotopic (exact) mass is 390 g/mol. The largest absolute Gasteiger partial charge is 0.338 e. The standard InChI is InChI=1S/C19H20F2N4O3/c1-18(5-7-19(20,21)8-6-18)16-23-15(24-28-16)13-4-2-3-12(9-13)11-25-14(26)10-22-17(25)27/h2-4,9H,5-8,10-11H2,1H3,(H,22,27). The number of aromatic nitrogens is 2. The fourth-order valence-corrected chi connectivity index (χ4v) is 3.57. The van der Waals surface area contributed by atoms with Crippen LogP contribution in [0.25, 0.3) is 11.4 Å². The summed E-state index contributed by atoms with van der Waals surface area (Å²) in [4.78, 5) is 29.0. The van der Waals surface area contributed by atoms with Crippen molar-refractivity contribution >= 4 is 11.9 Å². The van der Waals surface area contributed by atoms with Crippen LogP contribution in [0.15, 0.2) is 28.8 Å². The van der Waals surface area contributed by atoms with Crippen LogP contribution in [0.3, 0.4) is 0 Å². The minimum absolute atomic E-state index is 0.00432. The molecule has 28 heavy (non-hydrogen) atoms. The number of carbonyl (C=O) groups excluding carboxylic acids is 2. The molecule has 4 rings (SSSR count). The Balaban J connectivity index is 1.53. The fraction of sp³-hybridized carbons (Fsp3) is 0.474. The van der Waals surface area contributed by atoms with Crippen LogP contribution >= 0.6 is 0 Å². The van der Waals surface area contributed by atoms with Crippen molar-refractivity contribution in [1.29, 1.82) is 0 Å². The number of urea groups is 1. The number of amides is 3. The Bertz CT molecular complexity index is 901. The number of nitrogens with one attached hydrogen (secondary N) is 1. The summed E-state index contributed by atoms with van der Waals surface area (Å²) in [5.41, 5.74) is 0.854. The summed E-state index contributed by atoms with van der Waals surface area (Å²) in [6, 6.07) is 6.74. The van der Waals surface area contributed by atoms with Crippen molar-refractivity contribution in [1.82, 2.24) is 20.4 Å². The second kappa shape index (κ2) is 6.65. The van der Waals surface area contributed by atoms with Gasteiger partial charge in [0.1, 0.15) is 0 Å². The molecule has 0 unspecified atom stereocenters. The summed E-state index contributed by atoms with van der Waals surface area (Å²) in [5, 5.41) is 6.49. The maximum absolute atomic E-state index is 13.5. The molecule has 1 aliphatic heterocycles. The van der Waals surface area contributed by atoms with Gasteiger partial charge in [-0.1, -0.05) is 30.3 Å². The van der Waals surface area contributed by atoms with Crippen molar-refractivity contribution in [3.63, 3.8) is 0 Å². The molecule has 1 saturated heterocycles. The quantitative estimate of drug-likeness (QED) is 0.810. The van der Waals surface area contributed by atoms with E-state index in [1.165, 1.54) is 0 Å². The van der Waals surface area contributed by atoms with E-state index in [0.717, 1.165) is 10.5 Å². The molecule has 1 aromatic carbocycles. The Morgan fingerprint density at radius 3 is 2.64 bits per heavy atom. The average Bonchev–Trinajstić information content (AvgIpc) is 3.28. The van der Waals surface area contributed by atoms with Crippen molar-refractivity contribution in [2.75, 3.05) is 6.54 Å². The van der Waals surface area contributed by atoms with E-state index in [4.69, 9.17) is 4.52 Å². The zero-order valence-electron chi connectivity index (χ0n) is 15.4. The lowest BCUT2D eigenvalue weighted by Crippen LogP contribution is -2.34. The van der Waals surface area contributed by atoms with Gasteiger partial charge in [0, 0.05) is 23.8 Å². The molecule has 0 bridgehead atoms. The first-order valence-electron chi connectivity index (χ1n) is 9.15. The van der Waals surface area contributed by atoms with Gasteiger partial charge in [-0.3, -0.25) is 9.69 Å². The van der Waals surface area contributed by atoms with E-state index in [2.05, 4.69) is 15.5 Å². The molecule has 1 aliphatic carbocycles. The molecule has 148 valence electrons. The molecule has 3 amide bonds. The van der Waals surface area contributed by atoms with Crippen molar-refractivity contribution in [2.45, 2.75) is 50.5 Å². The smallest absolute Gasteiger partial charge is 0.324 e. The van der Waals surface area contributed by atoms with Gasteiger partial charge >= 0.3 is 6.03 Å². The predicted molar refractivity (Wildman–Crippen MR) is 94.4 cm³/mol. The van der Waals surface area contributed by atoms with Crippen LogP contribution in [-0.2, 0) is 16.8 Å². The third kappa shape index (κ3) is 3.48. The van der Waals surface area contributed by atoms with Gasteiger partial charge in [-0.2, -0.15) is 4.98 Å². The maximum atomic E-state index is 13.5. The number of halogens is 2. The lowest BCUT2D eigenvalue weighted by atomic mass is 9.74. The third-order valence-electron chi connectivity index (χ3n) is 5.49. The molecule has 2 aliphatic rings. The minimum atomic E-state index is -2.63. The number of carbonyl (C=O) groups is 2. The fourth-order valence-electron chi connectivity index (χ4n) is 3.57. The molecule has 1 saturated carbocycles. The van der Waals surface area contributed by atoms with Gasteiger partial charge < -0.3 is 9.84 Å². The number of hydrogen-bond donors (Lipinski definition) is 1. The van der Waals surface area contributed by atoms with Gasteiger partial charge in [0.05, 0.1) is 13.1 Å². The molecule has 0 radical (unpaired) electrons. The molecule has 1 N–H and O–H groups in total. The van der Waals surface area contributed by atoms with Crippen LogP contribution in [0.1, 0.15) is 44.1 Å². The molecule has 0 atom stereocenters. The number of rotatable bonds is 4. The van der Waals surface area contributed by atoms with E-state index < -0.39 is 17.4 Å². The SMILES string of the molecule is CC1(c2nc(-c3cccc(CN4C(=O)CNC4=O)c3)no2)CCC(F)(F)CC1. The van der Waals surface area contributed by atoms with Crippen LogP contribution in [-0.4, -0.2) is 39.4 Å². The Kier molecular flexibility index (Phi) is 4.40. The second-order valence-corrected chi connectivity index (χ2v) is 7.68. The number of nitrogens with zero attached hydrogens (tertiary/aromatic N) is 3. The molecule has 2 heterocycles. The summed E-state index contributed by atoms with van der Waals surface area (Å²) >= 11 is 0. The summed E-state index contributed by atoms with van der Waals surface area (Å²) in [6.45, 7) is 2.02. The Hall–Kier alpha value is -2.84. The third-order valence-corrected chi connectivity index (χ3v) is 5.49. The lowest BCUT2D eigenvalue weighted by Gasteiger charge is -2.34. The van der Waals surface area contributed by atoms with E-state index >= 15 is 0 Å². The molecule has 0 spiro atoms. The van der Waals surface area contributed by atoms with Gasteiger partial charge in [0.15, 0.2) is 0 Å². The number of imide groups is 1. The number of alkyl halides is 2. The Morgan fingerprint density at radius 2 is 1.96 bits per heavy atom. The highest BCUT2D eigenvalue weighted by Crippen LogP contribution is 2.44. The molecular weight excluding hydrogens is 370 g/mol. The minimum Gasteiger partial charge on any atom is -0.338 e. The Labute approximate surface area is 160 Å². The van der Waals surface area contributed by atoms with Crippen LogP contribution in [0.4, 0.5) is 13.6 Å². The molecule has 2 aromatic rings. The molecule has 9 heteroatoms. The molecular formula is C19H20F2N4O3. The number of hydrogen-bond acceptors (Lipinski definition) is 5. The van der Waals surface area contributed by atoms with Gasteiger partial charge in [0.25, 0.3) is 0 Å². The van der Waals surface area contributed by atoms with Crippen molar-refractivity contribution < 1.29 is 22.9 Å². The Morgan fingerprint density at radius 1 is 1.21 bits per heavy atom. The van der Waals surface area contributed by atoms with Crippen molar-refractivity contribution in [2.24, 2.45) is 0 Å². The number of benzene rings is 1. The highest BCUT2D eigenvalue weighted by molar-refractivity contribution is 6.01. The summed E-state index contributed by atoms with van der Waals surface area (Å²) in [5.74, 6) is -2.19. The van der Waals surface area contributed by atoms with Gasteiger partial charge in [0.2, 0.25) is 23.5 Å². The van der Waals surface area contributed by atoms with E-state index in [9.17, 15) is 18.4 Å². The van der Waals surface area contributed by atoms with E-state index in [0.29, 0.717) is 17.3 Å². The maximum Gasteiger partial charge on any atom is 0.324 e. The van der Waals surface area contributed by atoms with Crippen LogP contribution in [0, 0.1) is 0 Å². The highest BCUT2D eigenvalue weighted by atomic mass is 19.3. The second-order valence-electron chi connectivity index (χ2n) is 7.68. The summed E-state index contributed by atoms with van der Waals surface area (Å²) in [6.07, 6.45) is 0.187. The predicted octanol–water partition coefficient (Wildman–Crippen LogP) is 3.26. The van der Waals surface area contributed by atoms with Gasteiger partial charge in [-0.15, -0.1) is 0 Å². The normalized spacial score (nSPS) is 21.0. The molecule has 2 fully saturated rings. The van der Waals surface area contributed by atoms with Crippen molar-refractivity contribution in [3.8, 4) is 11.4 Å². The zero-order chi connectivity index (χ0) is 19.9. The van der Waals surface area contributed by atoms with E-state index in [1.807, 2.05) is 6.92 Å². The van der Waals surface area contributed by atoms with Gasteiger partial charge in [-0.25, -0.2) is 13.6 Å². The van der Waals surface area contributed by atoms with Crippen LogP contribution in [0.5, 0.6) is 0 Å². The van der Waals surface area contributed by atoms with Crippen LogP contribution < -0.4 is 5.32 Å². The highest BCUT2D eigenvalue weighted by Gasteiger charge is 2.44. The van der Waals surface area contributed by atoms with Gasteiger partial charge in [-0.05, 0) is 24.5 Å². The summed E-state index contributed by atoms with van der Waals surface area (Å²) < 4.78 is 32.4. The first kappa shape index (κ1) is 18.5. The first-order valence-corrected chi connectivity index (χ1v) is 9.15. The van der Waals surface area contributed by atoms with E-state index in [1.54, 1.807) is 24.3 Å². The zero-order valence-corrected chi connectivity index (χ0v) is 15.4. The average molecular weight is 390 g/mol. The molecule has 7 nitrogen and oxygen atoms in total. The first-order chi connectivity index (χ1) is 13.3.